The van der Waals surface area contributed by atoms with Gasteiger partial charge in [0.05, 0.1) is 38.2 Å². The molecule has 19 heteroatoms. The number of carbonyl (C=O) groups is 6. The van der Waals surface area contributed by atoms with Crippen LogP contribution in [0.3, 0.4) is 0 Å². The van der Waals surface area contributed by atoms with Gasteiger partial charge in [-0.05, 0) is 115 Å². The second kappa shape index (κ2) is 23.0. The number of nitrogens with one attached hydrogen (secondary N) is 1. The first-order valence-electron chi connectivity index (χ1n) is 19.7. The van der Waals surface area contributed by atoms with Crippen molar-refractivity contribution in [3.05, 3.63) is 33.0 Å². The number of methoxy groups -OCH3 is 2. The molecule has 0 aliphatic heterocycles. The van der Waals surface area contributed by atoms with E-state index >= 15 is 0 Å². The van der Waals surface area contributed by atoms with Crippen molar-refractivity contribution < 1.29 is 56.6 Å². The van der Waals surface area contributed by atoms with Crippen molar-refractivity contribution >= 4 is 95.9 Å². The van der Waals surface area contributed by atoms with Crippen LogP contribution in [0.4, 0.5) is 10.0 Å². The standard InChI is InChI=1S/C21H35NO6SSi.C14H27ClO4Si.C7H9NO2S/c1-13-11-14(19(25)26-8)18(29-13)22-17(24)15(12-16(23)27-20(2,3)4)28-30(9,10)21(5,6)7;1-13(2,3)18-11(16)9-10(12(15)17)19-20(7,8)14(4,5)6;1-4-3-5(6(8)11-4)7(9)10-2/h11,15H,12H2,1-10H3,(H,22,24);10H,9H2,1-8H3;3H,8H2,1-2H3/t15-;10-;/m00./s1. The zero-order chi connectivity index (χ0) is 48.3. The summed E-state index contributed by atoms with van der Waals surface area (Å²) in [4.78, 5) is 73.7. The fourth-order valence-electron chi connectivity index (χ4n) is 4.35. The van der Waals surface area contributed by atoms with Crippen LogP contribution < -0.4 is 11.1 Å². The molecule has 348 valence electrons. The molecule has 0 aromatic carbocycles. The quantitative estimate of drug-likeness (QED) is 0.0834. The summed E-state index contributed by atoms with van der Waals surface area (Å²) in [7, 11) is -1.91. The molecule has 2 aromatic heterocycles. The summed E-state index contributed by atoms with van der Waals surface area (Å²) in [6, 6.07) is 3.38. The maximum absolute atomic E-state index is 13.1. The fraction of sp³-hybridized carbons (Fsp3) is 0.667. The average Bonchev–Trinajstić information content (AvgIpc) is 3.60. The maximum atomic E-state index is 13.1. The van der Waals surface area contributed by atoms with Crippen LogP contribution in [0.15, 0.2) is 12.1 Å². The number of hydrogen-bond acceptors (Lipinski definition) is 15. The molecule has 0 radical (unpaired) electrons. The van der Waals surface area contributed by atoms with Gasteiger partial charge < -0.3 is 38.8 Å². The van der Waals surface area contributed by atoms with Crippen molar-refractivity contribution in [3.63, 3.8) is 0 Å². The van der Waals surface area contributed by atoms with E-state index < -0.39 is 69.1 Å². The van der Waals surface area contributed by atoms with E-state index in [1.165, 1.54) is 36.9 Å². The smallest absolute Gasteiger partial charge is 0.340 e. The Labute approximate surface area is 378 Å². The summed E-state index contributed by atoms with van der Waals surface area (Å²) in [5.41, 5.74) is 5.02. The molecule has 14 nitrogen and oxygen atoms in total. The zero-order valence-corrected chi connectivity index (χ0v) is 44.3. The number of carbonyl (C=O) groups excluding carboxylic acids is 6. The molecular formula is C42H71ClN2O12S2Si2. The highest BCUT2D eigenvalue weighted by molar-refractivity contribution is 7.16. The first-order valence-corrected chi connectivity index (χ1v) is 27.5. The van der Waals surface area contributed by atoms with E-state index in [9.17, 15) is 28.8 Å². The summed E-state index contributed by atoms with van der Waals surface area (Å²) in [5.74, 6) is -2.39. The molecule has 61 heavy (non-hydrogen) atoms. The van der Waals surface area contributed by atoms with E-state index in [1.54, 1.807) is 53.7 Å². The highest BCUT2D eigenvalue weighted by Crippen LogP contribution is 2.39. The lowest BCUT2D eigenvalue weighted by Crippen LogP contribution is -2.48. The van der Waals surface area contributed by atoms with Crippen molar-refractivity contribution in [3.8, 4) is 0 Å². The lowest BCUT2D eigenvalue weighted by atomic mass is 10.2. The van der Waals surface area contributed by atoms with E-state index in [0.29, 0.717) is 15.6 Å². The molecule has 0 unspecified atom stereocenters. The Balaban J connectivity index is 0.000000991. The number of nitrogens with two attached hydrogens (primary N) is 1. The molecule has 0 saturated carbocycles. The van der Waals surface area contributed by atoms with Gasteiger partial charge in [0.25, 0.3) is 5.91 Å². The third-order valence-corrected chi connectivity index (χ3v) is 20.4. The number of amides is 1. The van der Waals surface area contributed by atoms with Gasteiger partial charge in [-0.3, -0.25) is 19.2 Å². The number of ether oxygens (including phenoxy) is 4. The number of halogens is 1. The minimum absolute atomic E-state index is 0.0640. The van der Waals surface area contributed by atoms with Crippen LogP contribution in [0.5, 0.6) is 0 Å². The van der Waals surface area contributed by atoms with Crippen molar-refractivity contribution in [2.24, 2.45) is 0 Å². The van der Waals surface area contributed by atoms with Gasteiger partial charge in [0, 0.05) is 9.75 Å². The Kier molecular flexibility index (Phi) is 21.8. The normalized spacial score (nSPS) is 13.3. The predicted octanol–water partition coefficient (Wildman–Crippen LogP) is 10.2. The summed E-state index contributed by atoms with van der Waals surface area (Å²) < 4.78 is 32.1. The van der Waals surface area contributed by atoms with Crippen molar-refractivity contribution in [2.75, 3.05) is 25.3 Å². The lowest BCUT2D eigenvalue weighted by Gasteiger charge is -2.38. The Hall–Kier alpha value is -3.14. The number of aryl methyl sites for hydroxylation is 2. The monoisotopic (exact) mass is 950 g/mol. The lowest BCUT2D eigenvalue weighted by molar-refractivity contribution is -0.158. The Morgan fingerprint density at radius 3 is 1.36 bits per heavy atom. The van der Waals surface area contributed by atoms with E-state index in [0.717, 1.165) is 9.75 Å². The van der Waals surface area contributed by atoms with Crippen molar-refractivity contribution in [1.82, 2.24) is 0 Å². The number of nitrogen functional groups attached to an aromatic ring is 1. The fourth-order valence-corrected chi connectivity index (χ4v) is 8.74. The van der Waals surface area contributed by atoms with Gasteiger partial charge in [0.1, 0.15) is 33.4 Å². The summed E-state index contributed by atoms with van der Waals surface area (Å²) >= 11 is 8.22. The van der Waals surface area contributed by atoms with E-state index in [-0.39, 0.29) is 34.5 Å². The van der Waals surface area contributed by atoms with Crippen LogP contribution in [0.2, 0.25) is 36.3 Å². The Morgan fingerprint density at radius 1 is 0.656 bits per heavy atom. The van der Waals surface area contributed by atoms with Crippen LogP contribution in [-0.4, -0.2) is 89.3 Å². The SMILES string of the molecule is CC(C)(C)OC(=O)C[C@H](O[Si](C)(C)C(C)(C)C)C(=O)Cl.COC(=O)c1cc(C)sc1N.COC(=O)c1cc(C)sc1NC(=O)[C@H](CC(=O)OC(C)(C)C)O[Si](C)(C)C(C)(C)C. The van der Waals surface area contributed by atoms with Gasteiger partial charge in [-0.1, -0.05) is 41.5 Å². The van der Waals surface area contributed by atoms with Gasteiger partial charge in [0.15, 0.2) is 16.6 Å². The van der Waals surface area contributed by atoms with E-state index in [2.05, 4.69) is 51.6 Å². The van der Waals surface area contributed by atoms with Gasteiger partial charge in [0.2, 0.25) is 5.24 Å². The zero-order valence-electron chi connectivity index (χ0n) is 39.9. The third kappa shape index (κ3) is 20.7. The highest BCUT2D eigenvalue weighted by Gasteiger charge is 2.43. The molecule has 0 spiro atoms. The second-order valence-electron chi connectivity index (χ2n) is 19.3. The number of rotatable bonds is 13. The van der Waals surface area contributed by atoms with Crippen LogP contribution in [-0.2, 0) is 47.0 Å². The van der Waals surface area contributed by atoms with Crippen LogP contribution >= 0.6 is 34.3 Å². The largest absolute Gasteiger partial charge is 0.465 e. The number of esters is 4. The molecular weight excluding hydrogens is 880 g/mol. The molecule has 0 aliphatic rings. The molecule has 2 atom stereocenters. The minimum Gasteiger partial charge on any atom is -0.465 e. The number of hydrogen-bond donors (Lipinski definition) is 2. The first-order chi connectivity index (χ1) is 27.3. The summed E-state index contributed by atoms with van der Waals surface area (Å²) in [6.07, 6.45) is -2.33. The van der Waals surface area contributed by atoms with Crippen molar-refractivity contribution in [1.29, 1.82) is 0 Å². The summed E-state index contributed by atoms with van der Waals surface area (Å²) in [6.45, 7) is 34.7. The number of anilines is 2. The minimum atomic E-state index is -2.37. The predicted molar refractivity (Wildman–Crippen MR) is 250 cm³/mol. The average molecular weight is 952 g/mol. The molecule has 1 amide bonds. The molecule has 0 saturated heterocycles. The van der Waals surface area contributed by atoms with Gasteiger partial charge in [-0.15, -0.1) is 22.7 Å². The number of thiophene rings is 2. The Morgan fingerprint density at radius 2 is 1.02 bits per heavy atom. The van der Waals surface area contributed by atoms with Gasteiger partial charge >= 0.3 is 23.9 Å². The third-order valence-electron chi connectivity index (χ3n) is 9.36. The van der Waals surface area contributed by atoms with Crippen LogP contribution in [0.25, 0.3) is 0 Å². The van der Waals surface area contributed by atoms with Gasteiger partial charge in [-0.2, -0.15) is 0 Å². The maximum Gasteiger partial charge on any atom is 0.340 e. The first kappa shape index (κ1) is 57.9. The molecule has 3 N–H and O–H groups in total. The topological polar surface area (TPSA) is 196 Å². The molecule has 0 aliphatic carbocycles. The molecule has 0 fully saturated rings. The van der Waals surface area contributed by atoms with E-state index in [4.69, 9.17) is 40.4 Å². The molecule has 2 rings (SSSR count). The Bertz CT molecular complexity index is 1830. The molecule has 2 heterocycles. The second-order valence-corrected chi connectivity index (χ2v) is 31.8. The van der Waals surface area contributed by atoms with Crippen molar-refractivity contribution in [2.45, 2.75) is 169 Å². The van der Waals surface area contributed by atoms with Gasteiger partial charge in [-0.25, -0.2) is 9.59 Å². The van der Waals surface area contributed by atoms with Crippen LogP contribution in [0.1, 0.15) is 126 Å². The molecule has 0 bridgehead atoms. The van der Waals surface area contributed by atoms with Crippen LogP contribution in [0, 0.1) is 13.8 Å². The van der Waals surface area contributed by atoms with E-state index in [1.807, 2.05) is 40.0 Å². The molecule has 2 aromatic rings. The highest BCUT2D eigenvalue weighted by atomic mass is 35.5. The summed E-state index contributed by atoms with van der Waals surface area (Å²) in [5, 5.41) is 2.78.